The summed E-state index contributed by atoms with van der Waals surface area (Å²) in [4.78, 5) is 23.1. The first-order chi connectivity index (χ1) is 6.70. The smallest absolute Gasteiger partial charge is 0.218 e. The molecule has 0 aliphatic carbocycles. The van der Waals surface area contributed by atoms with E-state index in [1.165, 1.54) is 14.2 Å². The summed E-state index contributed by atoms with van der Waals surface area (Å²) in [6.07, 6.45) is -0.427. The minimum atomic E-state index is -0.900. The third kappa shape index (κ3) is 2.56. The zero-order chi connectivity index (χ0) is 10.6. The fraction of sp³-hybridized carbons (Fsp3) is 0.778. The lowest BCUT2D eigenvalue weighted by molar-refractivity contribution is -0.162. The van der Waals surface area contributed by atoms with Gasteiger partial charge in [-0.1, -0.05) is 0 Å². The monoisotopic (exact) mass is 218 g/mol. The van der Waals surface area contributed by atoms with Crippen molar-refractivity contribution in [1.82, 2.24) is 0 Å². The van der Waals surface area contributed by atoms with Crippen molar-refractivity contribution in [3.05, 3.63) is 0 Å². The van der Waals surface area contributed by atoms with E-state index in [1.807, 2.05) is 0 Å². The maximum atomic E-state index is 11.7. The Bertz CT molecular complexity index is 225. The average molecular weight is 218 g/mol. The number of carbonyl (C=O) groups excluding carboxylic acids is 2. The second-order valence-corrected chi connectivity index (χ2v) is 4.20. The van der Waals surface area contributed by atoms with Crippen molar-refractivity contribution in [3.8, 4) is 0 Å². The summed E-state index contributed by atoms with van der Waals surface area (Å²) in [7, 11) is 2.79. The molecule has 4 nitrogen and oxygen atoms in total. The maximum Gasteiger partial charge on any atom is 0.218 e. The Balaban J connectivity index is 2.61. The molecule has 1 atom stereocenters. The summed E-state index contributed by atoms with van der Waals surface area (Å²) in [6, 6.07) is 0. The van der Waals surface area contributed by atoms with Crippen LogP contribution < -0.4 is 0 Å². The van der Waals surface area contributed by atoms with Gasteiger partial charge < -0.3 is 9.47 Å². The first kappa shape index (κ1) is 11.7. The number of methoxy groups -OCH3 is 2. The molecule has 1 unspecified atom stereocenters. The van der Waals surface area contributed by atoms with Crippen LogP contribution in [0.4, 0.5) is 0 Å². The van der Waals surface area contributed by atoms with Crippen molar-refractivity contribution in [2.24, 2.45) is 5.92 Å². The van der Waals surface area contributed by atoms with Crippen molar-refractivity contribution in [1.29, 1.82) is 0 Å². The summed E-state index contributed by atoms with van der Waals surface area (Å²) < 4.78 is 9.66. The SMILES string of the molecule is COC(OC)C(=O)C1CSCCC1=O. The molecule has 0 amide bonds. The standard InChI is InChI=1S/C9H14O4S/c1-12-9(13-2)8(11)6-5-14-4-3-7(6)10/h6,9H,3-5H2,1-2H3. The van der Waals surface area contributed by atoms with Crippen LogP contribution in [-0.2, 0) is 19.1 Å². The molecule has 5 heteroatoms. The molecule has 0 spiro atoms. The number of Topliss-reactive ketones (excluding diaryl/α,β-unsaturated/α-hetero) is 2. The van der Waals surface area contributed by atoms with Gasteiger partial charge in [0, 0.05) is 32.1 Å². The Hall–Kier alpha value is -0.390. The maximum absolute atomic E-state index is 11.7. The molecule has 1 rings (SSSR count). The number of hydrogen-bond acceptors (Lipinski definition) is 5. The quantitative estimate of drug-likeness (QED) is 0.508. The van der Waals surface area contributed by atoms with E-state index >= 15 is 0 Å². The van der Waals surface area contributed by atoms with Crippen molar-refractivity contribution in [2.45, 2.75) is 12.7 Å². The number of thioether (sulfide) groups is 1. The molecule has 1 heterocycles. The second-order valence-electron chi connectivity index (χ2n) is 3.05. The number of carbonyl (C=O) groups is 2. The molecule has 1 fully saturated rings. The van der Waals surface area contributed by atoms with Gasteiger partial charge in [0.1, 0.15) is 5.78 Å². The van der Waals surface area contributed by atoms with Gasteiger partial charge in [-0.05, 0) is 0 Å². The predicted molar refractivity (Wildman–Crippen MR) is 53.3 cm³/mol. The van der Waals surface area contributed by atoms with Crippen LogP contribution in [0, 0.1) is 5.92 Å². The molecule has 0 aromatic heterocycles. The van der Waals surface area contributed by atoms with Gasteiger partial charge in [-0.3, -0.25) is 9.59 Å². The molecule has 1 aliphatic heterocycles. The normalized spacial score (nSPS) is 22.8. The number of rotatable bonds is 4. The lowest BCUT2D eigenvalue weighted by atomic mass is 9.98. The van der Waals surface area contributed by atoms with Crippen LogP contribution in [0.5, 0.6) is 0 Å². The van der Waals surface area contributed by atoms with E-state index in [2.05, 4.69) is 0 Å². The average Bonchev–Trinajstić information content (AvgIpc) is 2.20. The van der Waals surface area contributed by atoms with E-state index in [0.717, 1.165) is 5.75 Å². The summed E-state index contributed by atoms with van der Waals surface area (Å²) in [5.41, 5.74) is 0. The van der Waals surface area contributed by atoms with E-state index in [4.69, 9.17) is 9.47 Å². The molecule has 0 aromatic carbocycles. The Morgan fingerprint density at radius 1 is 1.50 bits per heavy atom. The molecule has 0 bridgehead atoms. The van der Waals surface area contributed by atoms with Gasteiger partial charge in [-0.2, -0.15) is 11.8 Å². The van der Waals surface area contributed by atoms with Gasteiger partial charge in [-0.15, -0.1) is 0 Å². The zero-order valence-corrected chi connectivity index (χ0v) is 9.13. The van der Waals surface area contributed by atoms with Crippen molar-refractivity contribution in [3.63, 3.8) is 0 Å². The third-order valence-corrected chi connectivity index (χ3v) is 3.23. The van der Waals surface area contributed by atoms with E-state index in [9.17, 15) is 9.59 Å². The van der Waals surface area contributed by atoms with E-state index in [-0.39, 0.29) is 11.6 Å². The fourth-order valence-corrected chi connectivity index (χ4v) is 2.47. The van der Waals surface area contributed by atoms with Gasteiger partial charge in [0.25, 0.3) is 0 Å². The largest absolute Gasteiger partial charge is 0.349 e. The minimum Gasteiger partial charge on any atom is -0.349 e. The van der Waals surface area contributed by atoms with E-state index in [0.29, 0.717) is 12.2 Å². The highest BCUT2D eigenvalue weighted by molar-refractivity contribution is 7.99. The minimum absolute atomic E-state index is 0.00727. The predicted octanol–water partition coefficient (Wildman–Crippen LogP) is 0.497. The van der Waals surface area contributed by atoms with Gasteiger partial charge >= 0.3 is 0 Å². The summed E-state index contributed by atoms with van der Waals surface area (Å²) >= 11 is 1.62. The highest BCUT2D eigenvalue weighted by atomic mass is 32.2. The Labute approximate surface area is 87.3 Å². The van der Waals surface area contributed by atoms with Gasteiger partial charge in [-0.25, -0.2) is 0 Å². The molecule has 14 heavy (non-hydrogen) atoms. The topological polar surface area (TPSA) is 52.6 Å². The first-order valence-corrected chi connectivity index (χ1v) is 5.56. The molecular weight excluding hydrogens is 204 g/mol. The highest BCUT2D eigenvalue weighted by Crippen LogP contribution is 2.22. The summed E-state index contributed by atoms with van der Waals surface area (Å²) in [5, 5.41) is 0. The molecule has 0 saturated carbocycles. The second kappa shape index (κ2) is 5.48. The van der Waals surface area contributed by atoms with Crippen LogP contribution in [0.1, 0.15) is 6.42 Å². The molecule has 0 N–H and O–H groups in total. The molecule has 0 aromatic rings. The summed E-state index contributed by atoms with van der Waals surface area (Å²) in [5.74, 6) is 0.576. The van der Waals surface area contributed by atoms with Crippen LogP contribution in [0.15, 0.2) is 0 Å². The van der Waals surface area contributed by atoms with Gasteiger partial charge in [0.05, 0.1) is 5.92 Å². The zero-order valence-electron chi connectivity index (χ0n) is 8.32. The Morgan fingerprint density at radius 2 is 2.14 bits per heavy atom. The molecule has 1 aliphatic rings. The Morgan fingerprint density at radius 3 is 2.64 bits per heavy atom. The summed E-state index contributed by atoms with van der Waals surface area (Å²) in [6.45, 7) is 0. The molecular formula is C9H14O4S. The molecule has 80 valence electrons. The van der Waals surface area contributed by atoms with Gasteiger partial charge in [0.2, 0.25) is 6.29 Å². The van der Waals surface area contributed by atoms with Crippen LogP contribution in [-0.4, -0.2) is 43.6 Å². The molecule has 1 saturated heterocycles. The van der Waals surface area contributed by atoms with Crippen LogP contribution in [0.25, 0.3) is 0 Å². The van der Waals surface area contributed by atoms with Crippen LogP contribution in [0.3, 0.4) is 0 Å². The van der Waals surface area contributed by atoms with Gasteiger partial charge in [0.15, 0.2) is 5.78 Å². The number of ketones is 2. The number of hydrogen-bond donors (Lipinski definition) is 0. The van der Waals surface area contributed by atoms with Crippen molar-refractivity contribution in [2.75, 3.05) is 25.7 Å². The highest BCUT2D eigenvalue weighted by Gasteiger charge is 2.34. The van der Waals surface area contributed by atoms with Crippen LogP contribution in [0.2, 0.25) is 0 Å². The van der Waals surface area contributed by atoms with Crippen LogP contribution >= 0.6 is 11.8 Å². The van der Waals surface area contributed by atoms with E-state index < -0.39 is 12.2 Å². The number of ether oxygens (including phenoxy) is 2. The lowest BCUT2D eigenvalue weighted by Gasteiger charge is -2.22. The van der Waals surface area contributed by atoms with Crippen molar-refractivity contribution >= 4 is 23.3 Å². The third-order valence-electron chi connectivity index (χ3n) is 2.17. The lowest BCUT2D eigenvalue weighted by Crippen LogP contribution is -2.38. The fourth-order valence-electron chi connectivity index (χ4n) is 1.37. The van der Waals surface area contributed by atoms with Crippen molar-refractivity contribution < 1.29 is 19.1 Å². The Kier molecular flexibility index (Phi) is 4.57. The molecule has 0 radical (unpaired) electrons. The first-order valence-electron chi connectivity index (χ1n) is 4.40. The van der Waals surface area contributed by atoms with E-state index in [1.54, 1.807) is 11.8 Å².